The van der Waals surface area contributed by atoms with E-state index in [1.54, 1.807) is 27.0 Å². The van der Waals surface area contributed by atoms with Crippen molar-refractivity contribution in [3.8, 4) is 0 Å². The van der Waals surface area contributed by atoms with Crippen LogP contribution in [0.2, 0.25) is 0 Å². The Hall–Kier alpha value is -2.78. The van der Waals surface area contributed by atoms with E-state index in [1.165, 1.54) is 19.1 Å². The van der Waals surface area contributed by atoms with Gasteiger partial charge in [0.1, 0.15) is 24.0 Å². The number of methoxy groups -OCH3 is 3. The van der Waals surface area contributed by atoms with Crippen LogP contribution < -0.4 is 0 Å². The van der Waals surface area contributed by atoms with Gasteiger partial charge in [0.2, 0.25) is 5.79 Å². The van der Waals surface area contributed by atoms with Crippen LogP contribution in [0.1, 0.15) is 106 Å². The first kappa shape index (κ1) is 47.9. The van der Waals surface area contributed by atoms with Gasteiger partial charge in [-0.1, -0.05) is 51.5 Å². The van der Waals surface area contributed by atoms with Gasteiger partial charge in [0.15, 0.2) is 0 Å². The Morgan fingerprint density at radius 3 is 2.22 bits per heavy atom. The lowest BCUT2D eigenvalue weighted by atomic mass is 9.79. The van der Waals surface area contributed by atoms with Gasteiger partial charge in [0, 0.05) is 52.0 Å². The van der Waals surface area contributed by atoms with Crippen molar-refractivity contribution in [3.05, 3.63) is 36.0 Å². The zero-order valence-corrected chi connectivity index (χ0v) is 36.3. The Kier molecular flexibility index (Phi) is 17.5. The summed E-state index contributed by atoms with van der Waals surface area (Å²) in [4.78, 5) is 58.1. The van der Waals surface area contributed by atoms with Crippen LogP contribution in [0.5, 0.6) is 0 Å². The number of Topliss-reactive ketones (excluding diaryl/α,β-unsaturated/α-hetero) is 2. The lowest BCUT2D eigenvalue weighted by Gasteiger charge is -2.47. The summed E-state index contributed by atoms with van der Waals surface area (Å²) < 4.78 is 29.9. The molecule has 2 bridgehead atoms. The SMILES string of the molecule is C=CC[C@@H]1/C=C(/C)[C@H](C)[C@H](C)C[C@H](OC)[C@H]2O[C@@](O)(C(=O)C(=O)N3CCCC[C@H]3C(=O)O[C@H](/C(C)=C/[C@@H]3CC[C@@H](O)[C@H](OC)C3)[C@H](C)[C@@H](O)CC1=O)[C@H](C)C[C@@H]2OC. The molecule has 15 atom stereocenters. The highest BCUT2D eigenvalue weighted by Gasteiger charge is 2.56. The minimum absolute atomic E-state index is 0.0134. The number of carbonyl (C=O) groups is 4. The summed E-state index contributed by atoms with van der Waals surface area (Å²) in [5.74, 6) is -7.87. The van der Waals surface area contributed by atoms with Crippen molar-refractivity contribution in [2.75, 3.05) is 27.9 Å². The Balaban J connectivity index is 1.80. The van der Waals surface area contributed by atoms with E-state index in [9.17, 15) is 34.5 Å². The molecule has 0 aromatic rings. The van der Waals surface area contributed by atoms with Gasteiger partial charge >= 0.3 is 5.97 Å². The van der Waals surface area contributed by atoms with Crippen molar-refractivity contribution >= 4 is 23.4 Å². The third-order valence-electron chi connectivity index (χ3n) is 13.7. The topological polar surface area (TPSA) is 178 Å². The van der Waals surface area contributed by atoms with E-state index in [2.05, 4.69) is 20.4 Å². The van der Waals surface area contributed by atoms with Gasteiger partial charge in [0.25, 0.3) is 11.7 Å². The number of esters is 1. The number of fused-ring (bicyclic) bond motifs is 3. The summed E-state index contributed by atoms with van der Waals surface area (Å²) in [7, 11) is 4.62. The number of aliphatic hydroxyl groups excluding tert-OH is 2. The molecule has 4 aliphatic rings. The van der Waals surface area contributed by atoms with Crippen LogP contribution in [0.25, 0.3) is 0 Å². The van der Waals surface area contributed by atoms with Crippen LogP contribution in [-0.2, 0) is 42.9 Å². The highest BCUT2D eigenvalue weighted by molar-refractivity contribution is 6.39. The number of ether oxygens (including phenoxy) is 5. The Morgan fingerprint density at radius 2 is 1.59 bits per heavy atom. The van der Waals surface area contributed by atoms with E-state index < -0.39 is 83.9 Å². The maximum atomic E-state index is 14.3. The summed E-state index contributed by atoms with van der Waals surface area (Å²) in [5, 5.41) is 34.3. The molecular formula is C45H71NO12. The first-order valence-electron chi connectivity index (χ1n) is 21.3. The number of nitrogens with zero attached hydrogens (tertiary/aromatic N) is 1. The molecule has 0 spiro atoms. The van der Waals surface area contributed by atoms with E-state index in [4.69, 9.17) is 23.7 Å². The van der Waals surface area contributed by atoms with Gasteiger partial charge in [-0.25, -0.2) is 4.79 Å². The van der Waals surface area contributed by atoms with Gasteiger partial charge in [-0.2, -0.15) is 0 Å². The molecule has 13 heteroatoms. The maximum Gasteiger partial charge on any atom is 0.329 e. The largest absolute Gasteiger partial charge is 0.456 e. The first-order chi connectivity index (χ1) is 27.4. The quantitative estimate of drug-likeness (QED) is 0.181. The number of allylic oxidation sites excluding steroid dienone is 4. The molecule has 58 heavy (non-hydrogen) atoms. The molecular weight excluding hydrogens is 746 g/mol. The molecule has 1 aliphatic carbocycles. The molecule has 3 aliphatic heterocycles. The van der Waals surface area contributed by atoms with E-state index in [-0.39, 0.29) is 55.4 Å². The fourth-order valence-electron chi connectivity index (χ4n) is 9.47. The summed E-state index contributed by atoms with van der Waals surface area (Å²) in [6.45, 7) is 15.2. The molecule has 328 valence electrons. The molecule has 3 heterocycles. The zero-order chi connectivity index (χ0) is 43.1. The number of carbonyl (C=O) groups excluding carboxylic acids is 4. The van der Waals surface area contributed by atoms with E-state index >= 15 is 0 Å². The van der Waals surface area contributed by atoms with E-state index in [0.717, 1.165) is 5.57 Å². The average Bonchev–Trinajstić information content (AvgIpc) is 3.21. The van der Waals surface area contributed by atoms with Crippen LogP contribution in [-0.4, -0.2) is 126 Å². The second-order valence-electron chi connectivity index (χ2n) is 17.6. The number of rotatable bonds is 7. The van der Waals surface area contributed by atoms with Crippen molar-refractivity contribution in [2.24, 2.45) is 35.5 Å². The zero-order valence-electron chi connectivity index (χ0n) is 36.3. The summed E-state index contributed by atoms with van der Waals surface area (Å²) in [6.07, 6.45) is 4.26. The third-order valence-corrected chi connectivity index (χ3v) is 13.7. The van der Waals surface area contributed by atoms with Crippen molar-refractivity contribution in [1.29, 1.82) is 0 Å². The standard InChI is InChI=1S/C45H71NO12/c1-11-14-32-20-25(2)29(6)26(3)21-38(55-9)41-39(56-10)22-28(5)45(53,58-41)42(50)43(51)46-18-13-12-15-33(46)44(52)57-40(30(7)35(48)24-36(32)49)27(4)19-31-16-17-34(47)37(23-31)54-8/h11,19-20,26,28-35,37-41,47-48,53H,1,12-18,21-24H2,2-10H3/b25-20-,27-19+/t26-,28-,29+,30-,31+,32-,33+,34-,35+,37-,38+,39+,40-,41-,45-/m1/s1. The first-order valence-corrected chi connectivity index (χ1v) is 21.3. The van der Waals surface area contributed by atoms with Crippen molar-refractivity contribution < 1.29 is 58.2 Å². The highest BCUT2D eigenvalue weighted by Crippen LogP contribution is 2.40. The van der Waals surface area contributed by atoms with Gasteiger partial charge in [-0.15, -0.1) is 6.58 Å². The van der Waals surface area contributed by atoms with Gasteiger partial charge in [-0.05, 0) is 95.0 Å². The van der Waals surface area contributed by atoms with Gasteiger partial charge < -0.3 is 43.9 Å². The smallest absolute Gasteiger partial charge is 0.329 e. The molecule has 13 nitrogen and oxygen atoms in total. The van der Waals surface area contributed by atoms with Crippen LogP contribution in [0.15, 0.2) is 36.0 Å². The summed E-state index contributed by atoms with van der Waals surface area (Å²) in [5.41, 5.74) is 1.61. The Bertz CT molecular complexity index is 1510. The second-order valence-corrected chi connectivity index (χ2v) is 17.6. The Labute approximate surface area is 345 Å². The normalized spacial score (nSPS) is 41.8. The number of piperidine rings is 1. The minimum atomic E-state index is -2.52. The fraction of sp³-hybridized carbons (Fsp3) is 0.778. The number of hydrogen-bond donors (Lipinski definition) is 3. The monoisotopic (exact) mass is 817 g/mol. The average molecular weight is 818 g/mol. The molecule has 1 amide bonds. The highest BCUT2D eigenvalue weighted by atomic mass is 16.7. The van der Waals surface area contributed by atoms with Crippen LogP contribution in [0.3, 0.4) is 0 Å². The summed E-state index contributed by atoms with van der Waals surface area (Å²) >= 11 is 0. The van der Waals surface area contributed by atoms with Crippen LogP contribution in [0, 0.1) is 35.5 Å². The number of amides is 1. The Morgan fingerprint density at radius 1 is 0.931 bits per heavy atom. The molecule has 0 radical (unpaired) electrons. The molecule has 2 saturated heterocycles. The minimum Gasteiger partial charge on any atom is -0.456 e. The van der Waals surface area contributed by atoms with E-state index in [0.29, 0.717) is 50.5 Å². The molecule has 0 aromatic carbocycles. The molecule has 4 rings (SSSR count). The lowest BCUT2D eigenvalue weighted by Crippen LogP contribution is -2.64. The second kappa shape index (κ2) is 21.1. The van der Waals surface area contributed by atoms with Gasteiger partial charge in [-0.3, -0.25) is 14.4 Å². The van der Waals surface area contributed by atoms with Gasteiger partial charge in [0.05, 0.1) is 30.5 Å². The van der Waals surface area contributed by atoms with E-state index in [1.807, 2.05) is 26.0 Å². The van der Waals surface area contributed by atoms with Crippen molar-refractivity contribution in [3.63, 3.8) is 0 Å². The molecule has 3 N–H and O–H groups in total. The molecule has 0 aromatic heterocycles. The molecule has 0 unspecified atom stereocenters. The van der Waals surface area contributed by atoms with Crippen LogP contribution >= 0.6 is 0 Å². The van der Waals surface area contributed by atoms with Crippen LogP contribution in [0.4, 0.5) is 0 Å². The van der Waals surface area contributed by atoms with Crippen molar-refractivity contribution in [2.45, 2.75) is 160 Å². The predicted molar refractivity (Wildman–Crippen MR) is 217 cm³/mol. The lowest BCUT2D eigenvalue weighted by molar-refractivity contribution is -0.302. The molecule has 1 saturated carbocycles. The third kappa shape index (κ3) is 10.9. The molecule has 3 fully saturated rings. The summed E-state index contributed by atoms with van der Waals surface area (Å²) in [6, 6.07) is -1.15. The predicted octanol–water partition coefficient (Wildman–Crippen LogP) is 4.89. The number of cyclic esters (lactones) is 1. The number of hydrogen-bond acceptors (Lipinski definition) is 12. The number of aliphatic hydroxyl groups is 3. The van der Waals surface area contributed by atoms with Crippen molar-refractivity contribution in [1.82, 2.24) is 4.90 Å². The fourth-order valence-corrected chi connectivity index (χ4v) is 9.47. The number of ketones is 2. The maximum absolute atomic E-state index is 14.3.